The number of benzene rings is 2. The smallest absolute Gasteiger partial charge is 0.310 e. The minimum Gasteiger partial charge on any atom is -0.465 e. The molecule has 0 N–H and O–H groups in total. The zero-order valence-corrected chi connectivity index (χ0v) is 14.4. The highest BCUT2D eigenvalue weighted by Gasteiger charge is 2.47. The Morgan fingerprint density at radius 3 is 2.40 bits per heavy atom. The van der Waals surface area contributed by atoms with Crippen LogP contribution in [0.25, 0.3) is 0 Å². The molecule has 1 fully saturated rings. The lowest BCUT2D eigenvalue weighted by atomic mass is 9.67. The minimum absolute atomic E-state index is 0.0110. The molecule has 2 aromatic carbocycles. The molecule has 0 aromatic heterocycles. The van der Waals surface area contributed by atoms with Crippen molar-refractivity contribution < 1.29 is 19.0 Å². The minimum atomic E-state index is -0.117. The first-order chi connectivity index (χ1) is 12.1. The number of cyclic esters (lactones) is 1. The highest BCUT2D eigenvalue weighted by molar-refractivity contribution is 5.78. The van der Waals surface area contributed by atoms with Gasteiger partial charge in [-0.25, -0.2) is 0 Å². The van der Waals surface area contributed by atoms with Crippen molar-refractivity contribution in [3.8, 4) is 11.5 Å². The predicted molar refractivity (Wildman–Crippen MR) is 92.0 cm³/mol. The zero-order valence-electron chi connectivity index (χ0n) is 14.4. The van der Waals surface area contributed by atoms with E-state index in [0.717, 1.165) is 17.9 Å². The summed E-state index contributed by atoms with van der Waals surface area (Å²) in [4.78, 5) is 12.5. The van der Waals surface area contributed by atoms with Crippen LogP contribution in [0.15, 0.2) is 30.3 Å². The molecule has 5 rings (SSSR count). The van der Waals surface area contributed by atoms with Crippen LogP contribution in [-0.4, -0.2) is 19.4 Å². The van der Waals surface area contributed by atoms with Crippen LogP contribution in [0.5, 0.6) is 11.5 Å². The Morgan fingerprint density at radius 1 is 0.920 bits per heavy atom. The van der Waals surface area contributed by atoms with Crippen LogP contribution in [0.1, 0.15) is 33.7 Å². The molecule has 2 aliphatic heterocycles. The fourth-order valence-corrected chi connectivity index (χ4v) is 4.69. The van der Waals surface area contributed by atoms with Crippen molar-refractivity contribution in [1.29, 1.82) is 0 Å². The summed E-state index contributed by atoms with van der Waals surface area (Å²) in [7, 11) is 0. The van der Waals surface area contributed by atoms with Crippen molar-refractivity contribution in [1.82, 2.24) is 0 Å². The normalized spacial score (nSPS) is 26.2. The van der Waals surface area contributed by atoms with Gasteiger partial charge in [0.15, 0.2) is 11.5 Å². The van der Waals surface area contributed by atoms with Crippen molar-refractivity contribution >= 4 is 5.97 Å². The van der Waals surface area contributed by atoms with Crippen LogP contribution in [0.3, 0.4) is 0 Å². The molecule has 0 bridgehead atoms. The van der Waals surface area contributed by atoms with Crippen LogP contribution in [0.2, 0.25) is 0 Å². The number of ether oxygens (including phenoxy) is 3. The lowest BCUT2D eigenvalue weighted by Gasteiger charge is -2.33. The Morgan fingerprint density at radius 2 is 1.64 bits per heavy atom. The molecule has 25 heavy (non-hydrogen) atoms. The van der Waals surface area contributed by atoms with Gasteiger partial charge in [0.1, 0.15) is 0 Å². The van der Waals surface area contributed by atoms with Crippen LogP contribution >= 0.6 is 0 Å². The van der Waals surface area contributed by atoms with Gasteiger partial charge in [-0.15, -0.1) is 0 Å². The van der Waals surface area contributed by atoms with Gasteiger partial charge in [-0.1, -0.05) is 29.3 Å². The highest BCUT2D eigenvalue weighted by atomic mass is 16.7. The summed E-state index contributed by atoms with van der Waals surface area (Å²) in [6.45, 7) is 4.98. The molecule has 4 nitrogen and oxygen atoms in total. The molecule has 4 heteroatoms. The maximum Gasteiger partial charge on any atom is 0.310 e. The standard InChI is InChI=1S/C21H20O4/c1-11-3-12(2)5-14(4-11)19-16-8-18-17(24-10-25-18)7-13(16)6-15-9-23-21(22)20(15)19/h3-5,7-8,15,19-20H,6,9-10H2,1-2H3. The van der Waals surface area contributed by atoms with Gasteiger partial charge in [0.25, 0.3) is 0 Å². The van der Waals surface area contributed by atoms with Gasteiger partial charge >= 0.3 is 5.97 Å². The number of carbonyl (C=O) groups excluding carboxylic acids is 1. The van der Waals surface area contributed by atoms with Crippen LogP contribution in [0, 0.1) is 25.7 Å². The van der Waals surface area contributed by atoms with Crippen molar-refractivity contribution in [2.24, 2.45) is 11.8 Å². The molecular weight excluding hydrogens is 316 g/mol. The number of aryl methyl sites for hydroxylation is 2. The van der Waals surface area contributed by atoms with Crippen LogP contribution < -0.4 is 9.47 Å². The van der Waals surface area contributed by atoms with E-state index in [0.29, 0.717) is 6.61 Å². The second-order valence-electron chi connectivity index (χ2n) is 7.42. The highest BCUT2D eigenvalue weighted by Crippen LogP contribution is 2.50. The lowest BCUT2D eigenvalue weighted by molar-refractivity contribution is -0.141. The molecule has 0 amide bonds. The third-order valence-corrected chi connectivity index (χ3v) is 5.63. The van der Waals surface area contributed by atoms with Crippen molar-refractivity contribution in [2.45, 2.75) is 26.2 Å². The summed E-state index contributed by atoms with van der Waals surface area (Å²) in [6.07, 6.45) is 0.851. The first-order valence-corrected chi connectivity index (χ1v) is 8.77. The summed E-state index contributed by atoms with van der Waals surface area (Å²) < 4.78 is 16.6. The lowest BCUT2D eigenvalue weighted by Crippen LogP contribution is -2.31. The van der Waals surface area contributed by atoms with Gasteiger partial charge in [-0.3, -0.25) is 4.79 Å². The van der Waals surface area contributed by atoms with Crippen molar-refractivity contribution in [3.63, 3.8) is 0 Å². The second kappa shape index (κ2) is 5.25. The van der Waals surface area contributed by atoms with Gasteiger partial charge in [-0.05, 0) is 49.1 Å². The molecule has 0 saturated carbocycles. The molecule has 3 atom stereocenters. The van der Waals surface area contributed by atoms with E-state index in [2.05, 4.69) is 44.2 Å². The second-order valence-corrected chi connectivity index (χ2v) is 7.42. The van der Waals surface area contributed by atoms with E-state index in [-0.39, 0.29) is 30.5 Å². The molecular formula is C21H20O4. The summed E-state index contributed by atoms with van der Waals surface area (Å²) in [6, 6.07) is 10.7. The van der Waals surface area contributed by atoms with Gasteiger partial charge in [-0.2, -0.15) is 0 Å². The summed E-state index contributed by atoms with van der Waals surface area (Å²) >= 11 is 0. The molecule has 0 radical (unpaired) electrons. The molecule has 2 aromatic rings. The molecule has 3 unspecified atom stereocenters. The van der Waals surface area contributed by atoms with E-state index in [1.165, 1.54) is 27.8 Å². The van der Waals surface area contributed by atoms with E-state index in [9.17, 15) is 4.79 Å². The van der Waals surface area contributed by atoms with Crippen LogP contribution in [-0.2, 0) is 16.0 Å². The van der Waals surface area contributed by atoms with Crippen molar-refractivity contribution in [2.75, 3.05) is 13.4 Å². The Kier molecular flexibility index (Phi) is 3.11. The molecule has 128 valence electrons. The van der Waals surface area contributed by atoms with E-state index in [1.54, 1.807) is 0 Å². The van der Waals surface area contributed by atoms with E-state index in [4.69, 9.17) is 14.2 Å². The van der Waals surface area contributed by atoms with E-state index in [1.807, 2.05) is 0 Å². The number of hydrogen-bond acceptors (Lipinski definition) is 4. The average Bonchev–Trinajstić information content (AvgIpc) is 3.16. The molecule has 1 saturated heterocycles. The predicted octanol–water partition coefficient (Wildman–Crippen LogP) is 3.51. The Labute approximate surface area is 146 Å². The molecule has 0 spiro atoms. The molecule has 2 heterocycles. The number of carbonyl (C=O) groups is 1. The number of rotatable bonds is 1. The summed E-state index contributed by atoms with van der Waals surface area (Å²) in [5.74, 6) is 1.63. The van der Waals surface area contributed by atoms with Gasteiger partial charge < -0.3 is 14.2 Å². The largest absolute Gasteiger partial charge is 0.465 e. The quantitative estimate of drug-likeness (QED) is 0.748. The third kappa shape index (κ3) is 2.24. The molecule has 1 aliphatic carbocycles. The first-order valence-electron chi connectivity index (χ1n) is 8.77. The monoisotopic (exact) mass is 336 g/mol. The van der Waals surface area contributed by atoms with Gasteiger partial charge in [0.05, 0.1) is 12.5 Å². The van der Waals surface area contributed by atoms with Crippen LogP contribution in [0.4, 0.5) is 0 Å². The maximum absolute atomic E-state index is 12.5. The van der Waals surface area contributed by atoms with E-state index >= 15 is 0 Å². The fourth-order valence-electron chi connectivity index (χ4n) is 4.69. The third-order valence-electron chi connectivity index (χ3n) is 5.63. The topological polar surface area (TPSA) is 44.8 Å². The number of esters is 1. The van der Waals surface area contributed by atoms with Gasteiger partial charge in [0.2, 0.25) is 6.79 Å². The zero-order chi connectivity index (χ0) is 17.1. The number of hydrogen-bond donors (Lipinski definition) is 0. The maximum atomic E-state index is 12.5. The SMILES string of the molecule is Cc1cc(C)cc(C2c3cc4c(cc3CC3COC(=O)C32)OCO4)c1. The Hall–Kier alpha value is -2.49. The van der Waals surface area contributed by atoms with Gasteiger partial charge in [0, 0.05) is 11.8 Å². The first kappa shape index (κ1) is 14.8. The number of fused-ring (bicyclic) bond motifs is 3. The Bertz CT molecular complexity index is 865. The molecule has 3 aliphatic rings. The summed E-state index contributed by atoms with van der Waals surface area (Å²) in [5, 5.41) is 0. The average molecular weight is 336 g/mol. The van der Waals surface area contributed by atoms with Crippen molar-refractivity contribution in [3.05, 3.63) is 58.1 Å². The van der Waals surface area contributed by atoms with E-state index < -0.39 is 0 Å². The summed E-state index contributed by atoms with van der Waals surface area (Å²) in [5.41, 5.74) is 6.03. The fraction of sp³-hybridized carbons (Fsp3) is 0.381. The Balaban J connectivity index is 1.72.